The summed E-state index contributed by atoms with van der Waals surface area (Å²) in [6.07, 6.45) is 3.34. The Balaban J connectivity index is 2.68. The Morgan fingerprint density at radius 3 is 3.17 bits per heavy atom. The van der Waals surface area contributed by atoms with Gasteiger partial charge in [0.15, 0.2) is 5.78 Å². The van der Waals surface area contributed by atoms with Crippen LogP contribution < -0.4 is 0 Å². The van der Waals surface area contributed by atoms with Crippen molar-refractivity contribution in [3.05, 3.63) is 30.1 Å². The summed E-state index contributed by atoms with van der Waals surface area (Å²) in [5.41, 5.74) is 1.52. The molecule has 0 spiro atoms. The quantitative estimate of drug-likeness (QED) is 0.584. The Hall–Kier alpha value is -1.71. The van der Waals surface area contributed by atoms with Crippen LogP contribution in [0.15, 0.2) is 24.5 Å². The maximum absolute atomic E-state index is 11.0. The number of Topliss-reactive ketones (excluding diaryl/α,β-unsaturated/α-hetero) is 1. The highest BCUT2D eigenvalue weighted by atomic mass is 16.1. The Kier molecular flexibility index (Phi) is 1.40. The SMILES string of the molecule is CC(=O)c1ccn2nncc2c1. The van der Waals surface area contributed by atoms with Crippen LogP contribution in [0.25, 0.3) is 5.52 Å². The van der Waals surface area contributed by atoms with Crippen LogP contribution in [-0.4, -0.2) is 20.6 Å². The van der Waals surface area contributed by atoms with Gasteiger partial charge >= 0.3 is 0 Å². The molecular weight excluding hydrogens is 154 g/mol. The summed E-state index contributed by atoms with van der Waals surface area (Å²) in [6.45, 7) is 1.54. The molecule has 0 bridgehead atoms. The average Bonchev–Trinajstić information content (AvgIpc) is 2.49. The summed E-state index contributed by atoms with van der Waals surface area (Å²) in [6, 6.07) is 3.49. The maximum Gasteiger partial charge on any atom is 0.159 e. The predicted octanol–water partition coefficient (Wildman–Crippen LogP) is 0.932. The van der Waals surface area contributed by atoms with E-state index in [0.717, 1.165) is 5.52 Å². The van der Waals surface area contributed by atoms with E-state index in [1.807, 2.05) is 0 Å². The molecule has 0 fully saturated rings. The fourth-order valence-corrected chi connectivity index (χ4v) is 1.05. The van der Waals surface area contributed by atoms with Crippen LogP contribution in [0.3, 0.4) is 0 Å². The fraction of sp³-hybridized carbons (Fsp3) is 0.125. The first-order chi connectivity index (χ1) is 5.77. The summed E-state index contributed by atoms with van der Waals surface area (Å²) < 4.78 is 1.62. The number of pyridine rings is 1. The molecule has 0 radical (unpaired) electrons. The lowest BCUT2D eigenvalue weighted by atomic mass is 10.2. The van der Waals surface area contributed by atoms with E-state index in [1.165, 1.54) is 6.92 Å². The number of nitrogens with zero attached hydrogens (tertiary/aromatic N) is 3. The molecule has 0 aliphatic carbocycles. The number of hydrogen-bond acceptors (Lipinski definition) is 3. The van der Waals surface area contributed by atoms with Crippen LogP contribution in [0.1, 0.15) is 17.3 Å². The molecule has 0 amide bonds. The van der Waals surface area contributed by atoms with E-state index in [4.69, 9.17) is 0 Å². The maximum atomic E-state index is 11.0. The molecule has 0 atom stereocenters. The van der Waals surface area contributed by atoms with Gasteiger partial charge in [-0.1, -0.05) is 5.21 Å². The van der Waals surface area contributed by atoms with E-state index in [2.05, 4.69) is 10.3 Å². The lowest BCUT2D eigenvalue weighted by molar-refractivity contribution is 0.101. The Labute approximate surface area is 68.8 Å². The lowest BCUT2D eigenvalue weighted by Crippen LogP contribution is -1.94. The molecule has 2 heterocycles. The first-order valence-electron chi connectivity index (χ1n) is 3.58. The smallest absolute Gasteiger partial charge is 0.159 e. The monoisotopic (exact) mass is 161 g/mol. The first-order valence-corrected chi connectivity index (χ1v) is 3.58. The molecule has 0 unspecified atom stereocenters. The van der Waals surface area contributed by atoms with Crippen LogP contribution >= 0.6 is 0 Å². The molecule has 0 aromatic carbocycles. The predicted molar refractivity (Wildman–Crippen MR) is 43.0 cm³/mol. The van der Waals surface area contributed by atoms with Crippen LogP contribution in [0, 0.1) is 0 Å². The molecule has 12 heavy (non-hydrogen) atoms. The van der Waals surface area contributed by atoms with Gasteiger partial charge in [0.05, 0.1) is 11.7 Å². The molecule has 4 nitrogen and oxygen atoms in total. The summed E-state index contributed by atoms with van der Waals surface area (Å²) in [5, 5.41) is 7.48. The Morgan fingerprint density at radius 2 is 2.42 bits per heavy atom. The van der Waals surface area contributed by atoms with Crippen molar-refractivity contribution in [2.75, 3.05) is 0 Å². The summed E-state index contributed by atoms with van der Waals surface area (Å²) in [7, 11) is 0. The van der Waals surface area contributed by atoms with Crippen molar-refractivity contribution in [1.82, 2.24) is 14.8 Å². The van der Waals surface area contributed by atoms with Crippen molar-refractivity contribution < 1.29 is 4.79 Å². The third kappa shape index (κ3) is 0.972. The van der Waals surface area contributed by atoms with E-state index in [1.54, 1.807) is 29.0 Å². The lowest BCUT2D eigenvalue weighted by Gasteiger charge is -1.94. The van der Waals surface area contributed by atoms with E-state index >= 15 is 0 Å². The Bertz CT molecular complexity index is 433. The van der Waals surface area contributed by atoms with Crippen LogP contribution in [0.2, 0.25) is 0 Å². The fourth-order valence-electron chi connectivity index (χ4n) is 1.05. The minimum Gasteiger partial charge on any atom is -0.295 e. The summed E-state index contributed by atoms with van der Waals surface area (Å²) in [4.78, 5) is 11.0. The van der Waals surface area contributed by atoms with Crippen LogP contribution in [-0.2, 0) is 0 Å². The first kappa shape index (κ1) is 6.97. The number of carbonyl (C=O) groups excluding carboxylic acids is 1. The van der Waals surface area contributed by atoms with E-state index in [0.29, 0.717) is 5.56 Å². The molecule has 0 N–H and O–H groups in total. The van der Waals surface area contributed by atoms with Crippen molar-refractivity contribution >= 4 is 11.3 Å². The van der Waals surface area contributed by atoms with Gasteiger partial charge in [0.25, 0.3) is 0 Å². The van der Waals surface area contributed by atoms with Crippen molar-refractivity contribution in [3.63, 3.8) is 0 Å². The zero-order chi connectivity index (χ0) is 8.55. The van der Waals surface area contributed by atoms with E-state index in [-0.39, 0.29) is 5.78 Å². The van der Waals surface area contributed by atoms with Gasteiger partial charge in [0, 0.05) is 11.8 Å². The van der Waals surface area contributed by atoms with E-state index in [9.17, 15) is 4.79 Å². The number of hydrogen-bond donors (Lipinski definition) is 0. The van der Waals surface area contributed by atoms with Crippen LogP contribution in [0.4, 0.5) is 0 Å². The third-order valence-corrected chi connectivity index (χ3v) is 1.71. The number of rotatable bonds is 1. The summed E-state index contributed by atoms with van der Waals surface area (Å²) in [5.74, 6) is 0.0544. The van der Waals surface area contributed by atoms with Crippen molar-refractivity contribution in [2.24, 2.45) is 0 Å². The minimum atomic E-state index is 0.0544. The topological polar surface area (TPSA) is 47.3 Å². The molecule has 2 aromatic rings. The summed E-state index contributed by atoms with van der Waals surface area (Å²) >= 11 is 0. The van der Waals surface area contributed by atoms with Gasteiger partial charge < -0.3 is 0 Å². The normalized spacial score (nSPS) is 10.4. The molecule has 4 heteroatoms. The molecule has 0 saturated heterocycles. The second-order valence-electron chi connectivity index (χ2n) is 2.58. The molecule has 60 valence electrons. The Morgan fingerprint density at radius 1 is 1.58 bits per heavy atom. The highest BCUT2D eigenvalue weighted by molar-refractivity contribution is 5.94. The van der Waals surface area contributed by atoms with E-state index < -0.39 is 0 Å². The highest BCUT2D eigenvalue weighted by Crippen LogP contribution is 2.05. The van der Waals surface area contributed by atoms with Crippen molar-refractivity contribution in [1.29, 1.82) is 0 Å². The molecule has 2 rings (SSSR count). The van der Waals surface area contributed by atoms with Gasteiger partial charge in [-0.3, -0.25) is 4.79 Å². The molecule has 2 aromatic heterocycles. The molecule has 0 aliphatic rings. The zero-order valence-electron chi connectivity index (χ0n) is 6.56. The van der Waals surface area contributed by atoms with Gasteiger partial charge in [-0.05, 0) is 19.1 Å². The standard InChI is InChI=1S/C8H7N3O/c1-6(12)7-2-3-11-8(4-7)5-9-10-11/h2-5H,1H3. The van der Waals surface area contributed by atoms with Gasteiger partial charge in [-0.25, -0.2) is 4.52 Å². The number of carbonyl (C=O) groups is 1. The van der Waals surface area contributed by atoms with Crippen molar-refractivity contribution in [2.45, 2.75) is 6.92 Å². The number of fused-ring (bicyclic) bond motifs is 1. The largest absolute Gasteiger partial charge is 0.295 e. The molecular formula is C8H7N3O. The second-order valence-corrected chi connectivity index (χ2v) is 2.58. The van der Waals surface area contributed by atoms with Gasteiger partial charge in [-0.15, -0.1) is 5.10 Å². The van der Waals surface area contributed by atoms with Gasteiger partial charge in [0.2, 0.25) is 0 Å². The average molecular weight is 161 g/mol. The number of ketones is 1. The molecule has 0 saturated carbocycles. The van der Waals surface area contributed by atoms with Gasteiger partial charge in [-0.2, -0.15) is 0 Å². The molecule has 0 aliphatic heterocycles. The van der Waals surface area contributed by atoms with Crippen molar-refractivity contribution in [3.8, 4) is 0 Å². The van der Waals surface area contributed by atoms with Gasteiger partial charge in [0.1, 0.15) is 0 Å². The highest BCUT2D eigenvalue weighted by Gasteiger charge is 2.00. The van der Waals surface area contributed by atoms with Crippen LogP contribution in [0.5, 0.6) is 0 Å². The zero-order valence-corrected chi connectivity index (χ0v) is 6.56. The third-order valence-electron chi connectivity index (χ3n) is 1.71. The minimum absolute atomic E-state index is 0.0544. The second kappa shape index (κ2) is 2.41. The number of aromatic nitrogens is 3.